The van der Waals surface area contributed by atoms with E-state index < -0.39 is 6.04 Å². The van der Waals surface area contributed by atoms with Crippen LogP contribution in [0.25, 0.3) is 0 Å². The van der Waals surface area contributed by atoms with Crippen molar-refractivity contribution in [3.8, 4) is 0 Å². The molecule has 2 amide bonds. The van der Waals surface area contributed by atoms with Crippen LogP contribution in [0.4, 0.5) is 0 Å². The molecule has 0 radical (unpaired) electrons. The zero-order valence-electron chi connectivity index (χ0n) is 12.5. The van der Waals surface area contributed by atoms with Gasteiger partial charge in [-0.3, -0.25) is 9.59 Å². The number of rotatable bonds is 5. The zero-order chi connectivity index (χ0) is 15.2. The minimum atomic E-state index is -0.540. The molecule has 5 nitrogen and oxygen atoms in total. The van der Waals surface area contributed by atoms with Crippen molar-refractivity contribution < 1.29 is 9.59 Å². The molecule has 22 heavy (non-hydrogen) atoms. The summed E-state index contributed by atoms with van der Waals surface area (Å²) in [5.41, 5.74) is 12.3. The fourth-order valence-corrected chi connectivity index (χ4v) is 2.79. The lowest BCUT2D eigenvalue weighted by Gasteiger charge is -2.28. The van der Waals surface area contributed by atoms with Crippen LogP contribution in [0.3, 0.4) is 0 Å². The molecular formula is C16H24ClN3O2. The van der Waals surface area contributed by atoms with Crippen molar-refractivity contribution >= 4 is 24.2 Å². The molecule has 2 rings (SSSR count). The minimum absolute atomic E-state index is 0. The molecule has 0 heterocycles. The third-order valence-electron chi connectivity index (χ3n) is 4.11. The highest BCUT2D eigenvalue weighted by Gasteiger charge is 2.26. The Labute approximate surface area is 137 Å². The summed E-state index contributed by atoms with van der Waals surface area (Å²) in [7, 11) is 0. The summed E-state index contributed by atoms with van der Waals surface area (Å²) in [6.45, 7) is 0. The lowest BCUT2D eigenvalue weighted by Crippen LogP contribution is -2.47. The van der Waals surface area contributed by atoms with Gasteiger partial charge in [-0.1, -0.05) is 30.3 Å². The Kier molecular flexibility index (Phi) is 7.35. The summed E-state index contributed by atoms with van der Waals surface area (Å²) in [5, 5.41) is 2.98. The number of hydrogen-bond donors (Lipinski definition) is 3. The number of carbonyl (C=O) groups is 2. The van der Waals surface area contributed by atoms with Crippen LogP contribution in [0.5, 0.6) is 0 Å². The molecule has 1 aliphatic carbocycles. The highest BCUT2D eigenvalue weighted by molar-refractivity contribution is 5.85. The van der Waals surface area contributed by atoms with E-state index in [4.69, 9.17) is 11.5 Å². The van der Waals surface area contributed by atoms with Crippen LogP contribution >= 0.6 is 12.4 Å². The van der Waals surface area contributed by atoms with Crippen LogP contribution in [-0.2, 0) is 16.0 Å². The first-order chi connectivity index (χ1) is 10.1. The molecule has 5 N–H and O–H groups in total. The Hall–Kier alpha value is -1.59. The molecule has 1 fully saturated rings. The van der Waals surface area contributed by atoms with E-state index in [-0.39, 0.29) is 36.2 Å². The van der Waals surface area contributed by atoms with Crippen LogP contribution in [-0.4, -0.2) is 23.9 Å². The van der Waals surface area contributed by atoms with E-state index >= 15 is 0 Å². The van der Waals surface area contributed by atoms with Gasteiger partial charge in [-0.15, -0.1) is 12.4 Å². The van der Waals surface area contributed by atoms with Gasteiger partial charge in [0.1, 0.15) is 0 Å². The first-order valence-electron chi connectivity index (χ1n) is 7.45. The Morgan fingerprint density at radius 3 is 2.27 bits per heavy atom. The molecule has 0 aromatic heterocycles. The molecule has 6 heteroatoms. The zero-order valence-corrected chi connectivity index (χ0v) is 13.4. The van der Waals surface area contributed by atoms with Crippen molar-refractivity contribution in [2.24, 2.45) is 17.4 Å². The maximum Gasteiger partial charge on any atom is 0.237 e. The lowest BCUT2D eigenvalue weighted by atomic mass is 9.85. The van der Waals surface area contributed by atoms with Crippen molar-refractivity contribution in [3.63, 3.8) is 0 Å². The highest BCUT2D eigenvalue weighted by Crippen LogP contribution is 2.23. The van der Waals surface area contributed by atoms with Gasteiger partial charge in [-0.05, 0) is 37.7 Å². The summed E-state index contributed by atoms with van der Waals surface area (Å²) in [6, 6.07) is 9.30. The lowest BCUT2D eigenvalue weighted by molar-refractivity contribution is -0.123. The summed E-state index contributed by atoms with van der Waals surface area (Å²) in [6.07, 6.45) is 3.60. The van der Waals surface area contributed by atoms with Crippen LogP contribution in [0.15, 0.2) is 30.3 Å². The van der Waals surface area contributed by atoms with Crippen LogP contribution < -0.4 is 16.8 Å². The van der Waals surface area contributed by atoms with E-state index in [0.717, 1.165) is 31.2 Å². The van der Waals surface area contributed by atoms with E-state index in [0.29, 0.717) is 6.42 Å². The predicted octanol–water partition coefficient (Wildman–Crippen LogP) is 1.14. The molecule has 0 bridgehead atoms. The van der Waals surface area contributed by atoms with Gasteiger partial charge in [0.05, 0.1) is 6.04 Å². The Balaban J connectivity index is 0.00000242. The Bertz CT molecular complexity index is 487. The number of primary amides is 1. The van der Waals surface area contributed by atoms with Gasteiger partial charge in [0.25, 0.3) is 0 Å². The first-order valence-corrected chi connectivity index (χ1v) is 7.45. The highest BCUT2D eigenvalue weighted by atomic mass is 35.5. The summed E-state index contributed by atoms with van der Waals surface area (Å²) in [5.74, 6) is -0.405. The van der Waals surface area contributed by atoms with Gasteiger partial charge in [0.15, 0.2) is 0 Å². The maximum atomic E-state index is 12.1. The van der Waals surface area contributed by atoms with Crippen molar-refractivity contribution in [1.29, 1.82) is 0 Å². The van der Waals surface area contributed by atoms with Crippen LogP contribution in [0.2, 0.25) is 0 Å². The van der Waals surface area contributed by atoms with Gasteiger partial charge in [-0.2, -0.15) is 0 Å². The number of nitrogens with one attached hydrogen (secondary N) is 1. The summed E-state index contributed by atoms with van der Waals surface area (Å²) in [4.78, 5) is 23.2. The summed E-state index contributed by atoms with van der Waals surface area (Å²) >= 11 is 0. The molecular weight excluding hydrogens is 302 g/mol. The molecule has 0 saturated heterocycles. The molecule has 1 aromatic rings. The van der Waals surface area contributed by atoms with E-state index in [2.05, 4.69) is 5.32 Å². The maximum absolute atomic E-state index is 12.1. The molecule has 122 valence electrons. The average molecular weight is 326 g/mol. The SMILES string of the molecule is Cl.NC(=O)C1CCC(NC(=O)C(N)Cc2ccccc2)CC1. The topological polar surface area (TPSA) is 98.2 Å². The number of benzene rings is 1. The van der Waals surface area contributed by atoms with Gasteiger partial charge in [0, 0.05) is 12.0 Å². The number of hydrogen-bond acceptors (Lipinski definition) is 3. The number of carbonyl (C=O) groups excluding carboxylic acids is 2. The number of amides is 2. The fourth-order valence-electron chi connectivity index (χ4n) is 2.79. The average Bonchev–Trinajstić information content (AvgIpc) is 2.48. The van der Waals surface area contributed by atoms with Crippen molar-refractivity contribution in [2.75, 3.05) is 0 Å². The van der Waals surface area contributed by atoms with Gasteiger partial charge < -0.3 is 16.8 Å². The second-order valence-electron chi connectivity index (χ2n) is 5.76. The molecule has 1 aromatic carbocycles. The normalized spacial score (nSPS) is 22.2. The third kappa shape index (κ3) is 5.31. The van der Waals surface area contributed by atoms with Crippen molar-refractivity contribution in [2.45, 2.75) is 44.2 Å². The first kappa shape index (κ1) is 18.5. The smallest absolute Gasteiger partial charge is 0.237 e. The fraction of sp³-hybridized carbons (Fsp3) is 0.500. The van der Waals surface area contributed by atoms with Crippen molar-refractivity contribution in [1.82, 2.24) is 5.32 Å². The van der Waals surface area contributed by atoms with Crippen LogP contribution in [0, 0.1) is 5.92 Å². The minimum Gasteiger partial charge on any atom is -0.369 e. The quantitative estimate of drug-likeness (QED) is 0.757. The molecule has 1 aliphatic rings. The Morgan fingerprint density at radius 2 is 1.73 bits per heavy atom. The largest absolute Gasteiger partial charge is 0.369 e. The van der Waals surface area contributed by atoms with Gasteiger partial charge >= 0.3 is 0 Å². The monoisotopic (exact) mass is 325 g/mol. The second-order valence-corrected chi connectivity index (χ2v) is 5.76. The van der Waals surface area contributed by atoms with E-state index in [1.807, 2.05) is 30.3 Å². The van der Waals surface area contributed by atoms with Crippen molar-refractivity contribution in [3.05, 3.63) is 35.9 Å². The Morgan fingerprint density at radius 1 is 1.14 bits per heavy atom. The second kappa shape index (κ2) is 8.76. The number of nitrogens with two attached hydrogens (primary N) is 2. The predicted molar refractivity (Wildman–Crippen MR) is 88.5 cm³/mol. The molecule has 1 atom stereocenters. The molecule has 0 spiro atoms. The summed E-state index contributed by atoms with van der Waals surface area (Å²) < 4.78 is 0. The van der Waals surface area contributed by atoms with E-state index in [9.17, 15) is 9.59 Å². The standard InChI is InChI=1S/C16H23N3O2.ClH/c17-14(10-11-4-2-1-3-5-11)16(21)19-13-8-6-12(7-9-13)15(18)20;/h1-5,12-14H,6-10,17H2,(H2,18,20)(H,19,21);1H. The number of halogens is 1. The van der Waals surface area contributed by atoms with Gasteiger partial charge in [0.2, 0.25) is 11.8 Å². The van der Waals surface area contributed by atoms with Crippen LogP contribution in [0.1, 0.15) is 31.2 Å². The van der Waals surface area contributed by atoms with Gasteiger partial charge in [-0.25, -0.2) is 0 Å². The van der Waals surface area contributed by atoms with E-state index in [1.165, 1.54) is 0 Å². The molecule has 1 unspecified atom stereocenters. The molecule has 0 aliphatic heterocycles. The van der Waals surface area contributed by atoms with E-state index in [1.54, 1.807) is 0 Å². The third-order valence-corrected chi connectivity index (χ3v) is 4.11. The molecule has 1 saturated carbocycles.